The molecule has 14 heavy (non-hydrogen) atoms. The van der Waals surface area contributed by atoms with Gasteiger partial charge in [0.25, 0.3) is 0 Å². The summed E-state index contributed by atoms with van der Waals surface area (Å²) in [5, 5.41) is 2.29. The Bertz CT molecular complexity index is 297. The molecule has 0 aliphatic heterocycles. The molecule has 0 saturated heterocycles. The molecule has 80 valence electrons. The van der Waals surface area contributed by atoms with Crippen LogP contribution in [0.3, 0.4) is 0 Å². The highest BCUT2D eigenvalue weighted by Gasteiger charge is 2.28. The third-order valence-corrected chi connectivity index (χ3v) is 4.30. The molecule has 1 aromatic rings. The first kappa shape index (κ1) is 12.3. The van der Waals surface area contributed by atoms with Crippen LogP contribution in [0.25, 0.3) is 0 Å². The van der Waals surface area contributed by atoms with Crippen molar-refractivity contribution in [1.82, 2.24) is 0 Å². The van der Waals surface area contributed by atoms with Crippen LogP contribution in [0.4, 0.5) is 13.2 Å². The van der Waals surface area contributed by atoms with Crippen LogP contribution in [0.15, 0.2) is 11.4 Å². The summed E-state index contributed by atoms with van der Waals surface area (Å²) in [5.41, 5.74) is 0. The SMILES string of the molecule is FC(F)(F)CCC(Br)c1sccc1Cl. The Hall–Kier alpha value is 0.260. The van der Waals surface area contributed by atoms with Gasteiger partial charge >= 0.3 is 6.18 Å². The van der Waals surface area contributed by atoms with E-state index in [9.17, 15) is 13.2 Å². The Labute approximate surface area is 97.2 Å². The highest BCUT2D eigenvalue weighted by atomic mass is 79.9. The first-order chi connectivity index (χ1) is 6.40. The maximum atomic E-state index is 11.9. The molecule has 1 aromatic heterocycles. The third kappa shape index (κ3) is 3.79. The monoisotopic (exact) mass is 306 g/mol. The van der Waals surface area contributed by atoms with E-state index >= 15 is 0 Å². The lowest BCUT2D eigenvalue weighted by Gasteiger charge is -2.10. The van der Waals surface area contributed by atoms with E-state index in [1.807, 2.05) is 0 Å². The molecule has 0 aliphatic rings. The number of hydrogen-bond acceptors (Lipinski definition) is 1. The first-order valence-corrected chi connectivity index (χ1v) is 6.01. The van der Waals surface area contributed by atoms with Crippen molar-refractivity contribution in [2.24, 2.45) is 0 Å². The third-order valence-electron chi connectivity index (χ3n) is 1.61. The summed E-state index contributed by atoms with van der Waals surface area (Å²) in [4.78, 5) is 0.451. The summed E-state index contributed by atoms with van der Waals surface area (Å²) < 4.78 is 35.7. The van der Waals surface area contributed by atoms with Gasteiger partial charge in [0.05, 0.1) is 9.85 Å². The van der Waals surface area contributed by atoms with Crippen LogP contribution < -0.4 is 0 Å². The van der Waals surface area contributed by atoms with Crippen LogP contribution in [0.2, 0.25) is 5.02 Å². The average Bonchev–Trinajstić information content (AvgIpc) is 2.46. The van der Waals surface area contributed by atoms with Crippen molar-refractivity contribution in [1.29, 1.82) is 0 Å². The minimum Gasteiger partial charge on any atom is -0.171 e. The minimum atomic E-state index is -4.10. The maximum Gasteiger partial charge on any atom is 0.389 e. The summed E-state index contributed by atoms with van der Waals surface area (Å²) in [6.07, 6.45) is -4.88. The van der Waals surface area contributed by atoms with Gasteiger partial charge in [0, 0.05) is 11.3 Å². The predicted octanol–water partition coefficient (Wildman–Crippen LogP) is 5.18. The van der Waals surface area contributed by atoms with Gasteiger partial charge < -0.3 is 0 Å². The lowest BCUT2D eigenvalue weighted by Crippen LogP contribution is -2.07. The first-order valence-electron chi connectivity index (χ1n) is 3.84. The van der Waals surface area contributed by atoms with E-state index in [0.717, 1.165) is 4.88 Å². The Kier molecular flexibility index (Phi) is 4.28. The second-order valence-corrected chi connectivity index (χ2v) is 5.21. The summed E-state index contributed by atoms with van der Waals surface area (Å²) in [7, 11) is 0. The molecule has 0 saturated carbocycles. The topological polar surface area (TPSA) is 0 Å². The fourth-order valence-electron chi connectivity index (χ4n) is 0.950. The van der Waals surface area contributed by atoms with Crippen LogP contribution in [0.5, 0.6) is 0 Å². The largest absolute Gasteiger partial charge is 0.389 e. The quantitative estimate of drug-likeness (QED) is 0.675. The van der Waals surface area contributed by atoms with E-state index in [1.165, 1.54) is 11.3 Å². The second-order valence-electron chi connectivity index (χ2n) is 2.75. The van der Waals surface area contributed by atoms with Crippen LogP contribution in [0, 0.1) is 0 Å². The highest BCUT2D eigenvalue weighted by molar-refractivity contribution is 9.09. The molecule has 0 bridgehead atoms. The lowest BCUT2D eigenvalue weighted by atomic mass is 10.2. The minimum absolute atomic E-state index is 0.0176. The van der Waals surface area contributed by atoms with Crippen LogP contribution in [0.1, 0.15) is 22.5 Å². The van der Waals surface area contributed by atoms with Crippen molar-refractivity contribution in [3.05, 3.63) is 21.3 Å². The van der Waals surface area contributed by atoms with Gasteiger partial charge in [-0.1, -0.05) is 27.5 Å². The van der Waals surface area contributed by atoms with Gasteiger partial charge in [-0.05, 0) is 17.9 Å². The predicted molar refractivity (Wildman–Crippen MR) is 56.3 cm³/mol. The zero-order valence-electron chi connectivity index (χ0n) is 6.94. The van der Waals surface area contributed by atoms with Gasteiger partial charge in [-0.2, -0.15) is 13.2 Å². The molecule has 1 unspecified atom stereocenters. The van der Waals surface area contributed by atoms with Crippen molar-refractivity contribution in [2.75, 3.05) is 0 Å². The molecule has 0 spiro atoms. The standard InChI is InChI=1S/C8H7BrClF3S/c9-5(1-3-8(11,12)13)7-6(10)2-4-14-7/h2,4-5H,1,3H2. The van der Waals surface area contributed by atoms with E-state index in [0.29, 0.717) is 5.02 Å². The summed E-state index contributed by atoms with van der Waals surface area (Å²) in [6, 6.07) is 1.68. The molecule has 0 aromatic carbocycles. The molecular formula is C8H7BrClF3S. The van der Waals surface area contributed by atoms with Crippen molar-refractivity contribution in [2.45, 2.75) is 23.8 Å². The summed E-state index contributed by atoms with van der Waals surface area (Å²) in [5.74, 6) is 0. The van der Waals surface area contributed by atoms with Crippen molar-refractivity contribution >= 4 is 38.9 Å². The van der Waals surface area contributed by atoms with Crippen molar-refractivity contribution < 1.29 is 13.2 Å². The molecule has 0 aliphatic carbocycles. The number of hydrogen-bond donors (Lipinski definition) is 0. The number of halogens is 5. The molecule has 0 nitrogen and oxygen atoms in total. The van der Waals surface area contributed by atoms with E-state index in [1.54, 1.807) is 11.4 Å². The molecule has 0 N–H and O–H groups in total. The van der Waals surface area contributed by atoms with Crippen LogP contribution in [-0.2, 0) is 0 Å². The van der Waals surface area contributed by atoms with Gasteiger partial charge in [-0.15, -0.1) is 11.3 Å². The van der Waals surface area contributed by atoms with Gasteiger partial charge in [0.2, 0.25) is 0 Å². The summed E-state index contributed by atoms with van der Waals surface area (Å²) in [6.45, 7) is 0. The van der Waals surface area contributed by atoms with E-state index in [4.69, 9.17) is 11.6 Å². The van der Waals surface area contributed by atoms with Gasteiger partial charge in [0.15, 0.2) is 0 Å². The number of thiophene rings is 1. The second kappa shape index (κ2) is 4.86. The fraction of sp³-hybridized carbons (Fsp3) is 0.500. The van der Waals surface area contributed by atoms with Gasteiger partial charge in [-0.25, -0.2) is 0 Å². The Balaban J connectivity index is 2.51. The van der Waals surface area contributed by atoms with Gasteiger partial charge in [0.1, 0.15) is 0 Å². The Morgan fingerprint density at radius 1 is 1.50 bits per heavy atom. The normalized spacial score (nSPS) is 14.4. The molecule has 0 amide bonds. The van der Waals surface area contributed by atoms with Crippen molar-refractivity contribution in [3.8, 4) is 0 Å². The van der Waals surface area contributed by atoms with E-state index in [-0.39, 0.29) is 11.2 Å². The summed E-state index contributed by atoms with van der Waals surface area (Å²) >= 11 is 10.3. The lowest BCUT2D eigenvalue weighted by molar-refractivity contribution is -0.135. The molecule has 0 radical (unpaired) electrons. The number of alkyl halides is 4. The average molecular weight is 308 g/mol. The molecule has 1 rings (SSSR count). The molecule has 0 fully saturated rings. The zero-order valence-corrected chi connectivity index (χ0v) is 10.1. The van der Waals surface area contributed by atoms with Crippen molar-refractivity contribution in [3.63, 3.8) is 0 Å². The Morgan fingerprint density at radius 2 is 2.14 bits per heavy atom. The molecule has 1 atom stereocenters. The van der Waals surface area contributed by atoms with E-state index in [2.05, 4.69) is 15.9 Å². The smallest absolute Gasteiger partial charge is 0.171 e. The van der Waals surface area contributed by atoms with Crippen LogP contribution >= 0.6 is 38.9 Å². The Morgan fingerprint density at radius 3 is 2.57 bits per heavy atom. The molecule has 1 heterocycles. The fourth-order valence-corrected chi connectivity index (χ4v) is 3.08. The zero-order chi connectivity index (χ0) is 10.8. The molecular weight excluding hydrogens is 301 g/mol. The van der Waals surface area contributed by atoms with E-state index < -0.39 is 12.6 Å². The van der Waals surface area contributed by atoms with Gasteiger partial charge in [-0.3, -0.25) is 0 Å². The highest BCUT2D eigenvalue weighted by Crippen LogP contribution is 2.39. The maximum absolute atomic E-state index is 11.9. The number of rotatable bonds is 3. The molecule has 6 heteroatoms. The van der Waals surface area contributed by atoms with Crippen LogP contribution in [-0.4, -0.2) is 6.18 Å².